The second-order valence-corrected chi connectivity index (χ2v) is 8.50. The number of hydrogen-bond donors (Lipinski definition) is 2. The van der Waals surface area contributed by atoms with Crippen LogP contribution in [0, 0.1) is 0 Å². The number of nitrogens with zero attached hydrogens (tertiary/aromatic N) is 3. The van der Waals surface area contributed by atoms with Crippen molar-refractivity contribution in [2.45, 2.75) is 17.3 Å². The van der Waals surface area contributed by atoms with Gasteiger partial charge in [0.25, 0.3) is 0 Å². The zero-order valence-electron chi connectivity index (χ0n) is 16.5. The number of rotatable bonds is 5. The second kappa shape index (κ2) is 7.48. The van der Waals surface area contributed by atoms with Crippen molar-refractivity contribution < 1.29 is 9.59 Å². The summed E-state index contributed by atoms with van der Waals surface area (Å²) < 4.78 is 0. The SMILES string of the molecule is CC(Sc1nnc2c(n1)-c1cccc3cccc-2c13)C(=O)Nc1ccc(C(N)=O)cc1. The molecule has 152 valence electrons. The Kier molecular flexibility index (Phi) is 4.63. The number of anilines is 1. The lowest BCUT2D eigenvalue weighted by molar-refractivity contribution is -0.115. The van der Waals surface area contributed by atoms with Crippen LogP contribution in [-0.4, -0.2) is 32.2 Å². The monoisotopic (exact) mass is 427 g/mol. The number of nitrogens with one attached hydrogen (secondary N) is 1. The average molecular weight is 427 g/mol. The van der Waals surface area contributed by atoms with Gasteiger partial charge in [-0.15, -0.1) is 10.2 Å². The van der Waals surface area contributed by atoms with Gasteiger partial charge in [0.1, 0.15) is 11.4 Å². The summed E-state index contributed by atoms with van der Waals surface area (Å²) in [6.07, 6.45) is 0. The predicted molar refractivity (Wildman–Crippen MR) is 121 cm³/mol. The Labute approximate surface area is 182 Å². The Morgan fingerprint density at radius 1 is 0.935 bits per heavy atom. The van der Waals surface area contributed by atoms with E-state index in [0.717, 1.165) is 33.3 Å². The molecule has 3 N–H and O–H groups in total. The van der Waals surface area contributed by atoms with Crippen LogP contribution in [0.25, 0.3) is 33.3 Å². The Morgan fingerprint density at radius 3 is 2.29 bits per heavy atom. The highest BCUT2D eigenvalue weighted by Gasteiger charge is 2.26. The van der Waals surface area contributed by atoms with Crippen LogP contribution < -0.4 is 11.1 Å². The number of amides is 2. The molecule has 1 aliphatic carbocycles. The highest BCUT2D eigenvalue weighted by molar-refractivity contribution is 8.00. The summed E-state index contributed by atoms with van der Waals surface area (Å²) in [6, 6.07) is 18.6. The topological polar surface area (TPSA) is 111 Å². The largest absolute Gasteiger partial charge is 0.366 e. The first-order valence-electron chi connectivity index (χ1n) is 9.66. The number of aromatic nitrogens is 3. The fraction of sp³-hybridized carbons (Fsp3) is 0.0870. The number of primary amides is 1. The molecular formula is C23H17N5O2S. The summed E-state index contributed by atoms with van der Waals surface area (Å²) in [7, 11) is 0. The molecule has 1 aromatic heterocycles. The van der Waals surface area contributed by atoms with Crippen LogP contribution in [-0.2, 0) is 4.79 Å². The third-order valence-corrected chi connectivity index (χ3v) is 6.12. The van der Waals surface area contributed by atoms with E-state index in [-0.39, 0.29) is 5.91 Å². The Balaban J connectivity index is 1.35. The number of nitrogens with two attached hydrogens (primary N) is 1. The van der Waals surface area contributed by atoms with Gasteiger partial charge in [0.2, 0.25) is 17.0 Å². The molecule has 8 heteroatoms. The minimum Gasteiger partial charge on any atom is -0.366 e. The lowest BCUT2D eigenvalue weighted by Crippen LogP contribution is -2.23. The molecular weight excluding hydrogens is 410 g/mol. The van der Waals surface area contributed by atoms with Gasteiger partial charge < -0.3 is 11.1 Å². The minimum absolute atomic E-state index is 0.202. The van der Waals surface area contributed by atoms with Crippen molar-refractivity contribution in [3.8, 4) is 22.5 Å². The van der Waals surface area contributed by atoms with Crippen molar-refractivity contribution in [2.75, 3.05) is 5.32 Å². The maximum atomic E-state index is 12.6. The summed E-state index contributed by atoms with van der Waals surface area (Å²) in [5, 5.41) is 13.7. The molecule has 3 aromatic carbocycles. The fourth-order valence-electron chi connectivity index (χ4n) is 3.64. The van der Waals surface area contributed by atoms with E-state index in [1.54, 1.807) is 31.2 Å². The first-order chi connectivity index (χ1) is 15.0. The number of benzene rings is 3. The van der Waals surface area contributed by atoms with Crippen molar-refractivity contribution in [1.82, 2.24) is 15.2 Å². The molecule has 0 bridgehead atoms. The van der Waals surface area contributed by atoms with Gasteiger partial charge in [-0.1, -0.05) is 48.2 Å². The van der Waals surface area contributed by atoms with Crippen LogP contribution in [0.5, 0.6) is 0 Å². The predicted octanol–water partition coefficient (Wildman–Crippen LogP) is 3.89. The van der Waals surface area contributed by atoms with Crippen molar-refractivity contribution in [2.24, 2.45) is 5.73 Å². The third kappa shape index (κ3) is 3.40. The van der Waals surface area contributed by atoms with Crippen LogP contribution in [0.2, 0.25) is 0 Å². The molecule has 0 spiro atoms. The maximum Gasteiger partial charge on any atom is 0.248 e. The van der Waals surface area contributed by atoms with Gasteiger partial charge in [0, 0.05) is 27.8 Å². The Hall–Kier alpha value is -3.78. The van der Waals surface area contributed by atoms with Crippen LogP contribution in [0.4, 0.5) is 5.69 Å². The van der Waals surface area contributed by atoms with E-state index >= 15 is 0 Å². The number of fused-ring (bicyclic) bond motifs is 3. The molecule has 1 heterocycles. The Bertz CT molecular complexity index is 1350. The number of carbonyl (C=O) groups is 2. The standard InChI is InChI=1S/C23H17N5O2S/c1-12(22(30)25-15-10-8-14(9-11-15)21(24)29)31-23-26-19-16-6-2-4-13-5-3-7-17(18(13)16)20(19)27-28-23/h2-12H,1H3,(H2,24,29)(H,25,30). The van der Waals surface area contributed by atoms with Crippen LogP contribution in [0.3, 0.4) is 0 Å². The van der Waals surface area contributed by atoms with Gasteiger partial charge in [-0.25, -0.2) is 4.98 Å². The molecule has 4 aromatic rings. The van der Waals surface area contributed by atoms with Crippen LogP contribution in [0.15, 0.2) is 65.8 Å². The maximum absolute atomic E-state index is 12.6. The third-order valence-electron chi connectivity index (χ3n) is 5.17. The molecule has 0 aliphatic heterocycles. The molecule has 1 atom stereocenters. The smallest absolute Gasteiger partial charge is 0.248 e. The van der Waals surface area contributed by atoms with Crippen LogP contribution in [0.1, 0.15) is 17.3 Å². The van der Waals surface area contributed by atoms with E-state index in [2.05, 4.69) is 27.6 Å². The zero-order chi connectivity index (χ0) is 21.5. The summed E-state index contributed by atoms with van der Waals surface area (Å²) >= 11 is 1.24. The summed E-state index contributed by atoms with van der Waals surface area (Å²) in [4.78, 5) is 28.5. The lowest BCUT2D eigenvalue weighted by atomic mass is 10.0. The second-order valence-electron chi connectivity index (χ2n) is 7.19. The summed E-state index contributed by atoms with van der Waals surface area (Å²) in [6.45, 7) is 1.78. The number of carbonyl (C=O) groups excluding carboxylic acids is 2. The molecule has 1 unspecified atom stereocenters. The van der Waals surface area contributed by atoms with E-state index in [0.29, 0.717) is 16.4 Å². The molecule has 0 saturated heterocycles. The van der Waals surface area contributed by atoms with Crippen molar-refractivity contribution in [3.63, 3.8) is 0 Å². The van der Waals surface area contributed by atoms with E-state index in [1.807, 2.05) is 24.3 Å². The Morgan fingerprint density at radius 2 is 1.61 bits per heavy atom. The van der Waals surface area contributed by atoms with E-state index in [9.17, 15) is 9.59 Å². The highest BCUT2D eigenvalue weighted by Crippen LogP contribution is 2.45. The summed E-state index contributed by atoms with van der Waals surface area (Å²) in [5.41, 5.74) is 9.83. The van der Waals surface area contributed by atoms with Gasteiger partial charge in [-0.2, -0.15) is 0 Å². The number of thioether (sulfide) groups is 1. The van der Waals surface area contributed by atoms with Crippen molar-refractivity contribution >= 4 is 40.0 Å². The minimum atomic E-state index is -0.513. The van der Waals surface area contributed by atoms with Crippen LogP contribution >= 0.6 is 11.8 Å². The van der Waals surface area contributed by atoms with Crippen molar-refractivity contribution in [3.05, 3.63) is 66.2 Å². The molecule has 7 nitrogen and oxygen atoms in total. The fourth-order valence-corrected chi connectivity index (χ4v) is 4.35. The van der Waals surface area contributed by atoms with Gasteiger partial charge in [0.05, 0.1) is 5.25 Å². The van der Waals surface area contributed by atoms with E-state index in [1.165, 1.54) is 11.8 Å². The quantitative estimate of drug-likeness (QED) is 0.412. The molecule has 2 amide bonds. The highest BCUT2D eigenvalue weighted by atomic mass is 32.2. The van der Waals surface area contributed by atoms with Gasteiger partial charge in [-0.3, -0.25) is 9.59 Å². The van der Waals surface area contributed by atoms with Gasteiger partial charge in [0.15, 0.2) is 0 Å². The van der Waals surface area contributed by atoms with E-state index in [4.69, 9.17) is 10.7 Å². The molecule has 1 aliphatic rings. The first kappa shape index (κ1) is 19.2. The summed E-state index contributed by atoms with van der Waals surface area (Å²) in [5.74, 6) is -0.716. The average Bonchev–Trinajstić information content (AvgIpc) is 3.09. The molecule has 31 heavy (non-hydrogen) atoms. The normalized spacial score (nSPS) is 12.4. The van der Waals surface area contributed by atoms with Gasteiger partial charge in [-0.05, 0) is 36.6 Å². The molecule has 0 fully saturated rings. The van der Waals surface area contributed by atoms with Crippen molar-refractivity contribution in [1.29, 1.82) is 0 Å². The lowest BCUT2D eigenvalue weighted by Gasteiger charge is -2.11. The van der Waals surface area contributed by atoms with E-state index < -0.39 is 11.2 Å². The first-order valence-corrected chi connectivity index (χ1v) is 10.5. The number of hydrogen-bond acceptors (Lipinski definition) is 6. The molecule has 5 rings (SSSR count). The molecule has 0 radical (unpaired) electrons. The molecule has 0 saturated carbocycles. The van der Waals surface area contributed by atoms with Gasteiger partial charge >= 0.3 is 0 Å². The zero-order valence-corrected chi connectivity index (χ0v) is 17.3.